The highest BCUT2D eigenvalue weighted by atomic mass is 35.5. The normalized spacial score (nSPS) is 11.5. The second-order valence-corrected chi connectivity index (χ2v) is 7.29. The number of nitrogens with zero attached hydrogens (tertiary/aromatic N) is 3. The summed E-state index contributed by atoms with van der Waals surface area (Å²) in [5, 5.41) is 6.87. The summed E-state index contributed by atoms with van der Waals surface area (Å²) in [5.74, 6) is 0.116. The van der Waals surface area contributed by atoms with Gasteiger partial charge < -0.3 is 14.8 Å². The van der Waals surface area contributed by atoms with Crippen LogP contribution in [-0.4, -0.2) is 34.7 Å². The van der Waals surface area contributed by atoms with Gasteiger partial charge in [-0.2, -0.15) is 18.3 Å². The highest BCUT2D eigenvalue weighted by Crippen LogP contribution is 2.33. The van der Waals surface area contributed by atoms with Gasteiger partial charge in [0.15, 0.2) is 28.5 Å². The van der Waals surface area contributed by atoms with Crippen LogP contribution >= 0.6 is 11.6 Å². The minimum absolute atomic E-state index is 0.0678. The third kappa shape index (κ3) is 4.56. The number of hydrogen-bond acceptors (Lipinski definition) is 5. The SMILES string of the molecule is COc1ccc(NC(=O)c2cc3nc(-c4ccc(Cl)cc4)cc(C(F)(F)F)n3n2)cc1OC. The molecule has 0 spiro atoms. The van der Waals surface area contributed by atoms with Crippen molar-refractivity contribution in [3.8, 4) is 22.8 Å². The molecule has 4 rings (SSSR count). The smallest absolute Gasteiger partial charge is 0.433 e. The van der Waals surface area contributed by atoms with Crippen LogP contribution in [0.1, 0.15) is 16.2 Å². The van der Waals surface area contributed by atoms with Crippen molar-refractivity contribution in [2.75, 3.05) is 19.5 Å². The first-order chi connectivity index (χ1) is 15.7. The number of benzene rings is 2. The van der Waals surface area contributed by atoms with Crippen molar-refractivity contribution in [3.63, 3.8) is 0 Å². The predicted octanol–water partition coefficient (Wildman–Crippen LogP) is 5.34. The van der Waals surface area contributed by atoms with Gasteiger partial charge in [-0.25, -0.2) is 9.50 Å². The molecule has 0 atom stereocenters. The summed E-state index contributed by atoms with van der Waals surface area (Å²) in [6.45, 7) is 0. The van der Waals surface area contributed by atoms with Crippen molar-refractivity contribution < 1.29 is 27.4 Å². The molecule has 0 aliphatic heterocycles. The van der Waals surface area contributed by atoms with E-state index in [1.807, 2.05) is 0 Å². The van der Waals surface area contributed by atoms with Crippen LogP contribution < -0.4 is 14.8 Å². The molecule has 2 aromatic carbocycles. The van der Waals surface area contributed by atoms with Crippen LogP contribution in [0, 0.1) is 0 Å². The molecule has 0 bridgehead atoms. The Hall–Kier alpha value is -3.79. The van der Waals surface area contributed by atoms with E-state index in [1.165, 1.54) is 26.4 Å². The summed E-state index contributed by atoms with van der Waals surface area (Å²) < 4.78 is 52.2. The van der Waals surface area contributed by atoms with E-state index < -0.39 is 17.8 Å². The Balaban J connectivity index is 1.73. The molecule has 0 radical (unpaired) electrons. The van der Waals surface area contributed by atoms with Crippen molar-refractivity contribution >= 4 is 28.8 Å². The Kier molecular flexibility index (Phi) is 5.86. The number of nitrogens with one attached hydrogen (secondary N) is 1. The summed E-state index contributed by atoms with van der Waals surface area (Å²) in [6, 6.07) is 12.9. The number of rotatable bonds is 5. The van der Waals surface area contributed by atoms with Crippen molar-refractivity contribution in [3.05, 3.63) is 71.0 Å². The summed E-state index contributed by atoms with van der Waals surface area (Å²) in [7, 11) is 2.91. The van der Waals surface area contributed by atoms with Crippen molar-refractivity contribution in [2.45, 2.75) is 6.18 Å². The van der Waals surface area contributed by atoms with Gasteiger partial charge >= 0.3 is 6.18 Å². The zero-order chi connectivity index (χ0) is 23.8. The van der Waals surface area contributed by atoms with Gasteiger partial charge in [-0.15, -0.1) is 0 Å². The zero-order valence-corrected chi connectivity index (χ0v) is 18.0. The quantitative estimate of drug-likeness (QED) is 0.421. The Morgan fingerprint density at radius 3 is 2.33 bits per heavy atom. The maximum Gasteiger partial charge on any atom is 0.433 e. The fourth-order valence-corrected chi connectivity index (χ4v) is 3.29. The van der Waals surface area contributed by atoms with Gasteiger partial charge in [0.25, 0.3) is 5.91 Å². The first-order valence-electron chi connectivity index (χ1n) is 9.47. The highest BCUT2D eigenvalue weighted by molar-refractivity contribution is 6.30. The molecular formula is C22H16ClF3N4O3. The minimum atomic E-state index is -4.73. The van der Waals surface area contributed by atoms with Crippen LogP contribution in [0.5, 0.6) is 11.5 Å². The van der Waals surface area contributed by atoms with E-state index in [0.717, 1.165) is 6.07 Å². The molecule has 0 saturated heterocycles. The number of fused-ring (bicyclic) bond motifs is 1. The molecule has 0 saturated carbocycles. The van der Waals surface area contributed by atoms with Gasteiger partial charge in [0, 0.05) is 28.4 Å². The van der Waals surface area contributed by atoms with Gasteiger partial charge in [-0.05, 0) is 30.3 Å². The molecule has 2 aromatic heterocycles. The van der Waals surface area contributed by atoms with Gasteiger partial charge in [0.05, 0.1) is 19.9 Å². The number of methoxy groups -OCH3 is 2. The van der Waals surface area contributed by atoms with Gasteiger partial charge in [0.1, 0.15) is 0 Å². The fourth-order valence-electron chi connectivity index (χ4n) is 3.17. The summed E-state index contributed by atoms with van der Waals surface area (Å²) in [4.78, 5) is 17.0. The third-order valence-corrected chi connectivity index (χ3v) is 4.98. The third-order valence-electron chi connectivity index (χ3n) is 4.73. The van der Waals surface area contributed by atoms with E-state index in [1.54, 1.807) is 36.4 Å². The fraction of sp³-hybridized carbons (Fsp3) is 0.136. The molecule has 7 nitrogen and oxygen atoms in total. The number of ether oxygens (including phenoxy) is 2. The molecule has 33 heavy (non-hydrogen) atoms. The lowest BCUT2D eigenvalue weighted by molar-refractivity contribution is -0.142. The Bertz CT molecular complexity index is 1340. The lowest BCUT2D eigenvalue weighted by Crippen LogP contribution is -2.15. The van der Waals surface area contributed by atoms with E-state index in [4.69, 9.17) is 21.1 Å². The van der Waals surface area contributed by atoms with E-state index in [0.29, 0.717) is 32.3 Å². The monoisotopic (exact) mass is 476 g/mol. The maximum absolute atomic E-state index is 13.8. The highest BCUT2D eigenvalue weighted by Gasteiger charge is 2.35. The van der Waals surface area contributed by atoms with Crippen LogP contribution in [0.2, 0.25) is 5.02 Å². The van der Waals surface area contributed by atoms with E-state index in [9.17, 15) is 18.0 Å². The molecule has 4 aromatic rings. The zero-order valence-electron chi connectivity index (χ0n) is 17.3. The summed E-state index contributed by atoms with van der Waals surface area (Å²) >= 11 is 5.86. The largest absolute Gasteiger partial charge is 0.493 e. The second kappa shape index (κ2) is 8.62. The van der Waals surface area contributed by atoms with Crippen LogP contribution in [0.25, 0.3) is 16.9 Å². The number of carbonyl (C=O) groups excluding carboxylic acids is 1. The van der Waals surface area contributed by atoms with Crippen LogP contribution in [0.15, 0.2) is 54.6 Å². The number of alkyl halides is 3. The maximum atomic E-state index is 13.8. The second-order valence-electron chi connectivity index (χ2n) is 6.85. The van der Waals surface area contributed by atoms with Gasteiger partial charge in [-0.3, -0.25) is 4.79 Å². The Morgan fingerprint density at radius 1 is 1.00 bits per heavy atom. The number of amides is 1. The lowest BCUT2D eigenvalue weighted by Gasteiger charge is -2.11. The summed E-state index contributed by atoms with van der Waals surface area (Å²) in [5.41, 5.74) is -0.588. The minimum Gasteiger partial charge on any atom is -0.493 e. The average molecular weight is 477 g/mol. The van der Waals surface area contributed by atoms with Gasteiger partial charge in [-0.1, -0.05) is 23.7 Å². The molecule has 1 amide bonds. The van der Waals surface area contributed by atoms with E-state index in [-0.39, 0.29) is 17.0 Å². The molecule has 11 heteroatoms. The molecule has 0 unspecified atom stereocenters. The first-order valence-corrected chi connectivity index (χ1v) is 9.84. The van der Waals surface area contributed by atoms with Crippen molar-refractivity contribution in [2.24, 2.45) is 0 Å². The van der Waals surface area contributed by atoms with Crippen molar-refractivity contribution in [1.29, 1.82) is 0 Å². The Labute approximate surface area is 190 Å². The summed E-state index contributed by atoms with van der Waals surface area (Å²) in [6.07, 6.45) is -4.73. The topological polar surface area (TPSA) is 77.8 Å². The molecule has 0 aliphatic carbocycles. The average Bonchev–Trinajstić information content (AvgIpc) is 3.22. The molecule has 2 heterocycles. The Morgan fingerprint density at radius 2 is 1.70 bits per heavy atom. The first kappa shape index (κ1) is 22.4. The van der Waals surface area contributed by atoms with Crippen molar-refractivity contribution in [1.82, 2.24) is 14.6 Å². The molecular weight excluding hydrogens is 461 g/mol. The molecule has 0 aliphatic rings. The van der Waals surface area contributed by atoms with E-state index >= 15 is 0 Å². The lowest BCUT2D eigenvalue weighted by atomic mass is 10.1. The number of carbonyl (C=O) groups is 1. The molecule has 0 fully saturated rings. The molecule has 170 valence electrons. The predicted molar refractivity (Wildman–Crippen MR) is 116 cm³/mol. The van der Waals surface area contributed by atoms with Crippen LogP contribution in [0.3, 0.4) is 0 Å². The molecule has 1 N–H and O–H groups in total. The van der Waals surface area contributed by atoms with Crippen LogP contribution in [-0.2, 0) is 6.18 Å². The number of hydrogen-bond donors (Lipinski definition) is 1. The van der Waals surface area contributed by atoms with Gasteiger partial charge in [0.2, 0.25) is 0 Å². The van der Waals surface area contributed by atoms with Crippen LogP contribution in [0.4, 0.5) is 18.9 Å². The number of aromatic nitrogens is 3. The standard InChI is InChI=1S/C22H16ClF3N4O3/c1-32-17-8-7-14(9-18(17)33-2)27-21(31)16-11-20-28-15(12-3-5-13(23)6-4-12)10-19(22(24,25)26)30(20)29-16/h3-11H,1-2H3,(H,27,31). The number of halogens is 4. The number of anilines is 1. The van der Waals surface area contributed by atoms with E-state index in [2.05, 4.69) is 15.4 Å².